The molecule has 1 aromatic rings. The lowest BCUT2D eigenvalue weighted by molar-refractivity contribution is 0.0610. The molecule has 0 amide bonds. The minimum Gasteiger partial charge on any atom is -0.371 e. The third-order valence-corrected chi connectivity index (χ3v) is 4.21. The van der Waals surface area contributed by atoms with E-state index < -0.39 is 0 Å². The summed E-state index contributed by atoms with van der Waals surface area (Å²) in [5.41, 5.74) is 0. The van der Waals surface area contributed by atoms with E-state index in [0.29, 0.717) is 0 Å². The summed E-state index contributed by atoms with van der Waals surface area (Å²) in [4.78, 5) is 4.27. The highest BCUT2D eigenvalue weighted by molar-refractivity contribution is 7.09. The van der Waals surface area contributed by atoms with Crippen molar-refractivity contribution in [3.05, 3.63) is 16.6 Å². The first-order chi connectivity index (χ1) is 8.36. The van der Waals surface area contributed by atoms with E-state index in [0.717, 1.165) is 24.1 Å². The van der Waals surface area contributed by atoms with Crippen LogP contribution in [0.1, 0.15) is 50.1 Å². The predicted molar refractivity (Wildman–Crippen MR) is 71.4 cm³/mol. The lowest BCUT2D eigenvalue weighted by Gasteiger charge is -2.23. The van der Waals surface area contributed by atoms with Gasteiger partial charge in [-0.25, -0.2) is 4.98 Å². The zero-order valence-corrected chi connectivity index (χ0v) is 11.3. The van der Waals surface area contributed by atoms with Gasteiger partial charge in [0.2, 0.25) is 0 Å². The van der Waals surface area contributed by atoms with E-state index in [-0.39, 0.29) is 6.10 Å². The van der Waals surface area contributed by atoms with Crippen LogP contribution in [0.15, 0.2) is 11.6 Å². The molecular weight excluding hydrogens is 232 g/mol. The average Bonchev–Trinajstić information content (AvgIpc) is 2.89. The summed E-state index contributed by atoms with van der Waals surface area (Å²) in [5, 5.41) is 6.65. The highest BCUT2D eigenvalue weighted by Crippen LogP contribution is 2.19. The molecule has 2 unspecified atom stereocenters. The molecule has 0 saturated carbocycles. The molecule has 0 spiro atoms. The highest BCUT2D eigenvalue weighted by atomic mass is 32.1. The molecule has 0 aromatic carbocycles. The summed E-state index contributed by atoms with van der Waals surface area (Å²) in [6.07, 6.45) is 8.43. The molecule has 1 saturated heterocycles. The number of hydrogen-bond acceptors (Lipinski definition) is 4. The van der Waals surface area contributed by atoms with E-state index in [1.165, 1.54) is 32.2 Å². The second-order valence-electron chi connectivity index (χ2n) is 4.67. The molecule has 3 nitrogen and oxygen atoms in total. The Kier molecular flexibility index (Phi) is 5.42. The summed E-state index contributed by atoms with van der Waals surface area (Å²) in [6.45, 7) is 4.12. The number of rotatable bonds is 6. The van der Waals surface area contributed by atoms with Crippen molar-refractivity contribution < 1.29 is 4.74 Å². The van der Waals surface area contributed by atoms with Gasteiger partial charge in [-0.15, -0.1) is 11.3 Å². The molecule has 1 fully saturated rings. The predicted octanol–water partition coefficient (Wildman–Crippen LogP) is 3.14. The van der Waals surface area contributed by atoms with Gasteiger partial charge in [0, 0.05) is 24.2 Å². The number of ether oxygens (including phenoxy) is 1. The Labute approximate surface area is 108 Å². The maximum atomic E-state index is 5.80. The summed E-state index contributed by atoms with van der Waals surface area (Å²) >= 11 is 1.67. The van der Waals surface area contributed by atoms with Crippen LogP contribution in [-0.4, -0.2) is 24.2 Å². The van der Waals surface area contributed by atoms with Crippen LogP contribution in [0.2, 0.25) is 0 Å². The Morgan fingerprint density at radius 2 is 2.53 bits per heavy atom. The molecular formula is C13H22N2OS. The lowest BCUT2D eigenvalue weighted by Crippen LogP contribution is -2.34. The van der Waals surface area contributed by atoms with Gasteiger partial charge in [-0.2, -0.15) is 0 Å². The minimum absolute atomic E-state index is 0.148. The molecule has 0 radical (unpaired) electrons. The summed E-state index contributed by atoms with van der Waals surface area (Å²) in [5.74, 6) is 0. The fraction of sp³-hybridized carbons (Fsp3) is 0.769. The van der Waals surface area contributed by atoms with Crippen LogP contribution in [0.5, 0.6) is 0 Å². The first kappa shape index (κ1) is 13.0. The number of thiazole rings is 1. The van der Waals surface area contributed by atoms with Gasteiger partial charge in [0.25, 0.3) is 0 Å². The summed E-state index contributed by atoms with van der Waals surface area (Å²) < 4.78 is 5.80. The van der Waals surface area contributed by atoms with Crippen LogP contribution in [0.4, 0.5) is 0 Å². The van der Waals surface area contributed by atoms with E-state index in [1.807, 2.05) is 11.6 Å². The van der Waals surface area contributed by atoms with E-state index in [1.54, 1.807) is 11.3 Å². The van der Waals surface area contributed by atoms with E-state index in [2.05, 4.69) is 17.2 Å². The maximum Gasteiger partial charge on any atom is 0.121 e. The largest absolute Gasteiger partial charge is 0.371 e. The number of piperidine rings is 1. The third kappa shape index (κ3) is 4.37. The molecule has 1 aliphatic rings. The smallest absolute Gasteiger partial charge is 0.121 e. The molecule has 4 heteroatoms. The van der Waals surface area contributed by atoms with Crippen molar-refractivity contribution in [2.24, 2.45) is 0 Å². The zero-order valence-electron chi connectivity index (χ0n) is 10.5. The lowest BCUT2D eigenvalue weighted by atomic mass is 10.0. The Balaban J connectivity index is 1.56. The van der Waals surface area contributed by atoms with Crippen molar-refractivity contribution in [3.63, 3.8) is 0 Å². The first-order valence-corrected chi connectivity index (χ1v) is 7.48. The van der Waals surface area contributed by atoms with Crippen molar-refractivity contribution in [1.82, 2.24) is 10.3 Å². The Morgan fingerprint density at radius 3 is 3.24 bits per heavy atom. The molecule has 0 bridgehead atoms. The molecule has 1 N–H and O–H groups in total. The van der Waals surface area contributed by atoms with Crippen LogP contribution in [0.25, 0.3) is 0 Å². The van der Waals surface area contributed by atoms with Gasteiger partial charge in [-0.1, -0.05) is 6.42 Å². The van der Waals surface area contributed by atoms with Crippen LogP contribution in [0, 0.1) is 0 Å². The SMILES string of the molecule is CC(OCCCC1CCCCN1)c1nccs1. The molecule has 2 atom stereocenters. The average molecular weight is 254 g/mol. The number of hydrogen-bond donors (Lipinski definition) is 1. The molecule has 1 aromatic heterocycles. The van der Waals surface area contributed by atoms with Gasteiger partial charge in [0.1, 0.15) is 11.1 Å². The van der Waals surface area contributed by atoms with Crippen LogP contribution in [-0.2, 0) is 4.74 Å². The Hall–Kier alpha value is -0.450. The number of nitrogens with one attached hydrogen (secondary N) is 1. The molecule has 17 heavy (non-hydrogen) atoms. The van der Waals surface area contributed by atoms with Crippen LogP contribution >= 0.6 is 11.3 Å². The van der Waals surface area contributed by atoms with Crippen molar-refractivity contribution in [1.29, 1.82) is 0 Å². The molecule has 1 aliphatic heterocycles. The molecule has 0 aliphatic carbocycles. The highest BCUT2D eigenvalue weighted by Gasteiger charge is 2.12. The topological polar surface area (TPSA) is 34.1 Å². The van der Waals surface area contributed by atoms with E-state index >= 15 is 0 Å². The zero-order chi connectivity index (χ0) is 11.9. The minimum atomic E-state index is 0.148. The van der Waals surface area contributed by atoms with Gasteiger partial charge >= 0.3 is 0 Å². The molecule has 2 heterocycles. The van der Waals surface area contributed by atoms with Gasteiger partial charge < -0.3 is 10.1 Å². The second-order valence-corrected chi connectivity index (χ2v) is 5.60. The Bertz CT molecular complexity index is 296. The van der Waals surface area contributed by atoms with E-state index in [4.69, 9.17) is 4.74 Å². The van der Waals surface area contributed by atoms with Crippen molar-refractivity contribution in [2.75, 3.05) is 13.2 Å². The summed E-state index contributed by atoms with van der Waals surface area (Å²) in [6, 6.07) is 0.725. The maximum absolute atomic E-state index is 5.80. The van der Waals surface area contributed by atoms with Gasteiger partial charge in [0.15, 0.2) is 0 Å². The summed E-state index contributed by atoms with van der Waals surface area (Å²) in [7, 11) is 0. The van der Waals surface area contributed by atoms with Gasteiger partial charge in [0.05, 0.1) is 0 Å². The van der Waals surface area contributed by atoms with Crippen LogP contribution in [0.3, 0.4) is 0 Å². The first-order valence-electron chi connectivity index (χ1n) is 6.60. The van der Waals surface area contributed by atoms with Gasteiger partial charge in [-0.05, 0) is 39.2 Å². The fourth-order valence-corrected chi connectivity index (χ4v) is 2.91. The van der Waals surface area contributed by atoms with E-state index in [9.17, 15) is 0 Å². The second kappa shape index (κ2) is 7.09. The van der Waals surface area contributed by atoms with Crippen molar-refractivity contribution in [2.45, 2.75) is 51.2 Å². The normalized spacial score (nSPS) is 22.5. The molecule has 96 valence electrons. The monoisotopic (exact) mass is 254 g/mol. The fourth-order valence-electron chi connectivity index (χ4n) is 2.27. The number of nitrogens with zero attached hydrogens (tertiary/aromatic N) is 1. The van der Waals surface area contributed by atoms with Crippen molar-refractivity contribution >= 4 is 11.3 Å². The third-order valence-electron chi connectivity index (χ3n) is 3.28. The van der Waals surface area contributed by atoms with Gasteiger partial charge in [-0.3, -0.25) is 0 Å². The quantitative estimate of drug-likeness (QED) is 0.792. The van der Waals surface area contributed by atoms with Crippen molar-refractivity contribution in [3.8, 4) is 0 Å². The molecule has 2 rings (SSSR count). The standard InChI is InChI=1S/C13H22N2OS/c1-11(13-15-8-10-17-13)16-9-4-6-12-5-2-3-7-14-12/h8,10-12,14H,2-7,9H2,1H3. The number of aromatic nitrogens is 1. The van der Waals surface area contributed by atoms with Crippen LogP contribution < -0.4 is 5.32 Å². The Morgan fingerprint density at radius 1 is 1.59 bits per heavy atom.